The van der Waals surface area contributed by atoms with Crippen LogP contribution in [-0.2, 0) is 11.3 Å². The summed E-state index contributed by atoms with van der Waals surface area (Å²) >= 11 is 0. The van der Waals surface area contributed by atoms with E-state index in [2.05, 4.69) is 12.2 Å². The number of rotatable bonds is 7. The number of furan rings is 1. The molecule has 0 bridgehead atoms. The first-order chi connectivity index (χ1) is 7.34. The Labute approximate surface area is 90.8 Å². The van der Waals surface area contributed by atoms with Crippen LogP contribution in [0.25, 0.3) is 0 Å². The van der Waals surface area contributed by atoms with Crippen LogP contribution in [0.3, 0.4) is 0 Å². The lowest BCUT2D eigenvalue weighted by Gasteiger charge is -2.12. The van der Waals surface area contributed by atoms with Crippen LogP contribution in [0.4, 0.5) is 0 Å². The first kappa shape index (κ1) is 10.7. The molecule has 0 aliphatic heterocycles. The molecule has 1 aliphatic rings. The summed E-state index contributed by atoms with van der Waals surface area (Å²) in [6, 6.07) is 3.88. The van der Waals surface area contributed by atoms with Crippen LogP contribution in [0, 0.1) is 5.92 Å². The third-order valence-corrected chi connectivity index (χ3v) is 2.62. The lowest BCUT2D eigenvalue weighted by molar-refractivity contribution is 0.0579. The second-order valence-corrected chi connectivity index (χ2v) is 4.30. The molecule has 1 N–H and O–H groups in total. The molecule has 2 rings (SSSR count). The van der Waals surface area contributed by atoms with Gasteiger partial charge in [0, 0.05) is 13.2 Å². The van der Waals surface area contributed by atoms with Crippen LogP contribution in [0.5, 0.6) is 0 Å². The van der Waals surface area contributed by atoms with Gasteiger partial charge in [0.15, 0.2) is 0 Å². The van der Waals surface area contributed by atoms with Gasteiger partial charge in [-0.25, -0.2) is 0 Å². The number of ether oxygens (including phenoxy) is 1. The minimum Gasteiger partial charge on any atom is -0.468 e. The highest BCUT2D eigenvalue weighted by atomic mass is 16.5. The van der Waals surface area contributed by atoms with Crippen molar-refractivity contribution in [2.24, 2.45) is 5.92 Å². The maximum absolute atomic E-state index is 5.69. The average Bonchev–Trinajstić information content (AvgIpc) is 2.92. The predicted octanol–water partition coefficient (Wildman–Crippen LogP) is 2.18. The average molecular weight is 209 g/mol. The molecule has 1 heterocycles. The quantitative estimate of drug-likeness (QED) is 0.747. The molecule has 3 nitrogen and oxygen atoms in total. The molecule has 0 aromatic carbocycles. The van der Waals surface area contributed by atoms with Crippen molar-refractivity contribution in [2.45, 2.75) is 32.4 Å². The van der Waals surface area contributed by atoms with E-state index in [-0.39, 0.29) is 0 Å². The minimum absolute atomic E-state index is 0.292. The fourth-order valence-electron chi connectivity index (χ4n) is 1.46. The van der Waals surface area contributed by atoms with Crippen LogP contribution in [0.1, 0.15) is 25.5 Å². The number of hydrogen-bond acceptors (Lipinski definition) is 3. The van der Waals surface area contributed by atoms with Crippen LogP contribution < -0.4 is 5.32 Å². The molecule has 3 heteroatoms. The van der Waals surface area contributed by atoms with Crippen LogP contribution >= 0.6 is 0 Å². The van der Waals surface area contributed by atoms with Gasteiger partial charge < -0.3 is 14.5 Å². The third-order valence-electron chi connectivity index (χ3n) is 2.62. The SMILES string of the molecule is CC(CNCc1ccco1)OCC1CC1. The molecule has 0 saturated heterocycles. The molecule has 1 unspecified atom stereocenters. The summed E-state index contributed by atoms with van der Waals surface area (Å²) in [7, 11) is 0. The van der Waals surface area contributed by atoms with Gasteiger partial charge in [0.25, 0.3) is 0 Å². The van der Waals surface area contributed by atoms with Crippen LogP contribution in [-0.4, -0.2) is 19.3 Å². The summed E-state index contributed by atoms with van der Waals surface area (Å²) in [5.74, 6) is 1.82. The van der Waals surface area contributed by atoms with Gasteiger partial charge >= 0.3 is 0 Å². The lowest BCUT2D eigenvalue weighted by atomic mass is 10.3. The van der Waals surface area contributed by atoms with E-state index in [0.717, 1.165) is 31.4 Å². The topological polar surface area (TPSA) is 34.4 Å². The van der Waals surface area contributed by atoms with Crippen LogP contribution in [0.15, 0.2) is 22.8 Å². The standard InChI is InChI=1S/C12H19NO2/c1-10(15-9-11-4-5-11)7-13-8-12-3-2-6-14-12/h2-3,6,10-11,13H,4-5,7-9H2,1H3. The highest BCUT2D eigenvalue weighted by Crippen LogP contribution is 2.29. The summed E-state index contributed by atoms with van der Waals surface area (Å²) in [5, 5.41) is 3.31. The summed E-state index contributed by atoms with van der Waals surface area (Å²) in [5.41, 5.74) is 0. The molecule has 84 valence electrons. The Morgan fingerprint density at radius 2 is 2.47 bits per heavy atom. The van der Waals surface area contributed by atoms with E-state index in [1.807, 2.05) is 12.1 Å². The van der Waals surface area contributed by atoms with E-state index in [0.29, 0.717) is 6.10 Å². The molecular weight excluding hydrogens is 190 g/mol. The van der Waals surface area contributed by atoms with Gasteiger partial charge in [-0.05, 0) is 37.8 Å². The zero-order chi connectivity index (χ0) is 10.5. The number of nitrogens with one attached hydrogen (secondary N) is 1. The number of hydrogen-bond donors (Lipinski definition) is 1. The second-order valence-electron chi connectivity index (χ2n) is 4.30. The van der Waals surface area contributed by atoms with E-state index in [1.54, 1.807) is 6.26 Å². The van der Waals surface area contributed by atoms with Gasteiger partial charge in [0.1, 0.15) is 5.76 Å². The second kappa shape index (κ2) is 5.33. The molecule has 1 aromatic rings. The molecule has 1 aliphatic carbocycles. The predicted molar refractivity (Wildman–Crippen MR) is 58.6 cm³/mol. The molecule has 0 amide bonds. The van der Waals surface area contributed by atoms with Crippen LogP contribution in [0.2, 0.25) is 0 Å². The van der Waals surface area contributed by atoms with Crippen molar-refractivity contribution in [3.63, 3.8) is 0 Å². The van der Waals surface area contributed by atoms with E-state index in [9.17, 15) is 0 Å². The monoisotopic (exact) mass is 209 g/mol. The van der Waals surface area contributed by atoms with Gasteiger partial charge in [-0.3, -0.25) is 0 Å². The van der Waals surface area contributed by atoms with Crippen molar-refractivity contribution in [3.05, 3.63) is 24.2 Å². The summed E-state index contributed by atoms with van der Waals surface area (Å²) in [6.07, 6.45) is 4.70. The van der Waals surface area contributed by atoms with E-state index in [1.165, 1.54) is 12.8 Å². The lowest BCUT2D eigenvalue weighted by Crippen LogP contribution is -2.26. The first-order valence-corrected chi connectivity index (χ1v) is 5.69. The molecule has 15 heavy (non-hydrogen) atoms. The normalized spacial score (nSPS) is 17.9. The molecular formula is C12H19NO2. The Kier molecular flexibility index (Phi) is 3.80. The fraction of sp³-hybridized carbons (Fsp3) is 0.667. The van der Waals surface area contributed by atoms with Crippen molar-refractivity contribution < 1.29 is 9.15 Å². The van der Waals surface area contributed by atoms with Crippen molar-refractivity contribution in [1.29, 1.82) is 0 Å². The van der Waals surface area contributed by atoms with Crippen molar-refractivity contribution >= 4 is 0 Å². The summed E-state index contributed by atoms with van der Waals surface area (Å²) in [4.78, 5) is 0. The Morgan fingerprint density at radius 1 is 1.60 bits per heavy atom. The summed E-state index contributed by atoms with van der Waals surface area (Å²) in [6.45, 7) is 4.71. The Balaban J connectivity index is 1.52. The first-order valence-electron chi connectivity index (χ1n) is 5.69. The highest BCUT2D eigenvalue weighted by molar-refractivity contribution is 4.97. The summed E-state index contributed by atoms with van der Waals surface area (Å²) < 4.78 is 10.9. The molecule has 1 fully saturated rings. The highest BCUT2D eigenvalue weighted by Gasteiger charge is 2.22. The fourth-order valence-corrected chi connectivity index (χ4v) is 1.46. The van der Waals surface area contributed by atoms with Gasteiger partial charge in [-0.2, -0.15) is 0 Å². The largest absolute Gasteiger partial charge is 0.468 e. The van der Waals surface area contributed by atoms with Crippen molar-refractivity contribution in [3.8, 4) is 0 Å². The maximum Gasteiger partial charge on any atom is 0.117 e. The van der Waals surface area contributed by atoms with E-state index < -0.39 is 0 Å². The molecule has 1 aromatic heterocycles. The maximum atomic E-state index is 5.69. The van der Waals surface area contributed by atoms with Gasteiger partial charge in [-0.1, -0.05) is 0 Å². The smallest absolute Gasteiger partial charge is 0.117 e. The Hall–Kier alpha value is -0.800. The Bertz CT molecular complexity index is 267. The van der Waals surface area contributed by atoms with E-state index in [4.69, 9.17) is 9.15 Å². The molecule has 0 radical (unpaired) electrons. The molecule has 1 saturated carbocycles. The minimum atomic E-state index is 0.292. The zero-order valence-electron chi connectivity index (χ0n) is 9.24. The van der Waals surface area contributed by atoms with Gasteiger partial charge in [-0.15, -0.1) is 0 Å². The molecule has 1 atom stereocenters. The van der Waals surface area contributed by atoms with Crippen molar-refractivity contribution in [1.82, 2.24) is 5.32 Å². The third kappa shape index (κ3) is 4.06. The Morgan fingerprint density at radius 3 is 3.13 bits per heavy atom. The van der Waals surface area contributed by atoms with Gasteiger partial charge in [0.05, 0.1) is 18.9 Å². The van der Waals surface area contributed by atoms with Crippen molar-refractivity contribution in [2.75, 3.05) is 13.2 Å². The zero-order valence-corrected chi connectivity index (χ0v) is 9.24. The van der Waals surface area contributed by atoms with Gasteiger partial charge in [0.2, 0.25) is 0 Å². The molecule has 0 spiro atoms. The van der Waals surface area contributed by atoms with E-state index >= 15 is 0 Å².